The third kappa shape index (κ3) is 8.26. The van der Waals surface area contributed by atoms with Crippen molar-refractivity contribution in [2.45, 2.75) is 25.7 Å². The van der Waals surface area contributed by atoms with Crippen LogP contribution < -0.4 is 31.1 Å². The van der Waals surface area contributed by atoms with Gasteiger partial charge in [-0.1, -0.05) is 159 Å². The van der Waals surface area contributed by atoms with Gasteiger partial charge in [-0.15, -0.1) is 0 Å². The van der Waals surface area contributed by atoms with E-state index >= 15 is 0 Å². The number of phenolic OH excluding ortho intramolecular Hbond substituents is 1. The number of phenols is 1. The van der Waals surface area contributed by atoms with Gasteiger partial charge in [0.15, 0.2) is 0 Å². The Balaban J connectivity index is 0.900. The average molecular weight is 1070 g/mol. The van der Waals surface area contributed by atoms with Gasteiger partial charge >= 0.3 is 0 Å². The van der Waals surface area contributed by atoms with Gasteiger partial charge in [-0.25, -0.2) is 0 Å². The van der Waals surface area contributed by atoms with Gasteiger partial charge in [-0.2, -0.15) is 0 Å². The van der Waals surface area contributed by atoms with Crippen LogP contribution in [0.2, 0.25) is 0 Å². The lowest BCUT2D eigenvalue weighted by molar-refractivity contribution is 0.460. The minimum Gasteiger partial charge on any atom is -0.508 e. The SMILES string of the molecule is C[C@H](CCc1ccc2cc(N(c3cc4c5c(c3)N(c3ccc(-c6cc7ccccc7o6)cc3)c3ccccc3B5c3ccccc3N4c3ccc(-c4cc5ccccc5o4)cc3)c3cccc4ccccc34)ccc2c1)c1ccccc1O. The molecule has 1 atom stereocenters. The van der Waals surface area contributed by atoms with Crippen LogP contribution in [0, 0.1) is 0 Å². The molecule has 16 rings (SSSR count). The van der Waals surface area contributed by atoms with Crippen molar-refractivity contribution in [3.05, 3.63) is 284 Å². The van der Waals surface area contributed by atoms with Crippen molar-refractivity contribution in [1.82, 2.24) is 0 Å². The molecule has 0 saturated heterocycles. The van der Waals surface area contributed by atoms with E-state index in [4.69, 9.17) is 8.83 Å². The topological polar surface area (TPSA) is 56.2 Å². The number of anilines is 9. The van der Waals surface area contributed by atoms with Crippen LogP contribution in [-0.4, -0.2) is 11.8 Å². The van der Waals surface area contributed by atoms with Crippen molar-refractivity contribution in [2.24, 2.45) is 0 Å². The Morgan fingerprint density at radius 3 is 1.59 bits per heavy atom. The first-order valence-electron chi connectivity index (χ1n) is 28.7. The van der Waals surface area contributed by atoms with Gasteiger partial charge in [0.1, 0.15) is 28.4 Å². The molecule has 7 heteroatoms. The predicted octanol–water partition coefficient (Wildman–Crippen LogP) is 18.8. The molecule has 2 aliphatic heterocycles. The fourth-order valence-electron chi connectivity index (χ4n) is 13.2. The zero-order valence-electron chi connectivity index (χ0n) is 45.7. The summed E-state index contributed by atoms with van der Waals surface area (Å²) in [5.74, 6) is 2.26. The van der Waals surface area contributed by atoms with Crippen LogP contribution in [0.15, 0.2) is 282 Å². The Morgan fingerprint density at radius 2 is 0.964 bits per heavy atom. The van der Waals surface area contributed by atoms with Crippen molar-refractivity contribution in [3.63, 3.8) is 0 Å². The molecule has 1 N–H and O–H groups in total. The Kier molecular flexibility index (Phi) is 11.5. The number of hydrogen-bond acceptors (Lipinski definition) is 6. The van der Waals surface area contributed by atoms with Crippen molar-refractivity contribution in [3.8, 4) is 28.4 Å². The first-order chi connectivity index (χ1) is 41.0. The average Bonchev–Trinajstić information content (AvgIpc) is 4.34. The van der Waals surface area contributed by atoms with E-state index in [1.807, 2.05) is 42.5 Å². The maximum atomic E-state index is 10.6. The van der Waals surface area contributed by atoms with E-state index in [-0.39, 0.29) is 12.6 Å². The van der Waals surface area contributed by atoms with Crippen LogP contribution in [0.3, 0.4) is 0 Å². The molecule has 0 spiro atoms. The van der Waals surface area contributed by atoms with Gasteiger partial charge < -0.3 is 28.6 Å². The lowest BCUT2D eigenvalue weighted by Gasteiger charge is -2.45. The van der Waals surface area contributed by atoms with Gasteiger partial charge in [0.25, 0.3) is 6.71 Å². The van der Waals surface area contributed by atoms with E-state index in [9.17, 15) is 5.11 Å². The maximum absolute atomic E-state index is 10.6. The summed E-state index contributed by atoms with van der Waals surface area (Å²) in [5, 5.41) is 17.5. The van der Waals surface area contributed by atoms with Crippen molar-refractivity contribution < 1.29 is 13.9 Å². The van der Waals surface area contributed by atoms with Gasteiger partial charge in [0.2, 0.25) is 0 Å². The molecule has 2 aromatic heterocycles. The molecule has 0 amide bonds. The third-order valence-electron chi connectivity index (χ3n) is 17.3. The first kappa shape index (κ1) is 48.4. The lowest BCUT2D eigenvalue weighted by Crippen LogP contribution is -2.61. The van der Waals surface area contributed by atoms with Gasteiger partial charge in [0, 0.05) is 67.1 Å². The molecule has 0 aliphatic carbocycles. The number of fused-ring (bicyclic) bond motifs is 8. The third-order valence-corrected chi connectivity index (χ3v) is 17.3. The zero-order valence-corrected chi connectivity index (χ0v) is 45.7. The molecular formula is C76H54BN3O3. The molecule has 0 saturated carbocycles. The molecule has 394 valence electrons. The highest BCUT2D eigenvalue weighted by Crippen LogP contribution is 2.50. The Bertz CT molecular complexity index is 4570. The molecule has 83 heavy (non-hydrogen) atoms. The summed E-state index contributed by atoms with van der Waals surface area (Å²) in [6.07, 6.45) is 1.83. The van der Waals surface area contributed by atoms with Gasteiger partial charge in [0.05, 0.1) is 11.4 Å². The second-order valence-corrected chi connectivity index (χ2v) is 22.2. The molecule has 12 aromatic carbocycles. The zero-order chi connectivity index (χ0) is 55.1. The van der Waals surface area contributed by atoms with Crippen LogP contribution in [-0.2, 0) is 6.42 Å². The standard InChI is InChI=1S/C76H54BN3O3/c1-49(62-19-6-11-26-71(62)81)29-30-50-31-32-55-44-60(42-37-54(55)43-50)78(66-25-14-18-51-15-2-5-20-63(51)66)61-47-69-76-70(48-61)80(59-40-35-53(36-41-59)75-46-57-17-4-13-28-73(57)83-75)68-24-10-8-22-65(68)77(76)64-21-7-9-23-67(64)79(69)58-38-33-52(34-39-58)74-45-56-16-3-12-27-72(56)82-74/h2-28,31-49,81H,29-30H2,1H3/t49-/m1/s1. The van der Waals surface area contributed by atoms with E-state index in [2.05, 4.69) is 246 Å². The second-order valence-electron chi connectivity index (χ2n) is 22.2. The number of rotatable bonds is 11. The highest BCUT2D eigenvalue weighted by atomic mass is 16.3. The number of benzene rings is 12. The number of hydrogen-bond donors (Lipinski definition) is 1. The van der Waals surface area contributed by atoms with Crippen molar-refractivity contribution in [2.75, 3.05) is 14.7 Å². The maximum Gasteiger partial charge on any atom is 0.252 e. The fraction of sp³-hybridized carbons (Fsp3) is 0.0526. The number of aromatic hydroxyl groups is 1. The fourth-order valence-corrected chi connectivity index (χ4v) is 13.2. The Morgan fingerprint density at radius 1 is 0.434 bits per heavy atom. The number of nitrogens with zero attached hydrogens (tertiary/aromatic N) is 3. The predicted molar refractivity (Wildman–Crippen MR) is 345 cm³/mol. The van der Waals surface area contributed by atoms with Crippen molar-refractivity contribution in [1.29, 1.82) is 0 Å². The minimum absolute atomic E-state index is 0.0687. The number of para-hydroxylation sites is 5. The van der Waals surface area contributed by atoms with Gasteiger partial charge in [-0.3, -0.25) is 0 Å². The summed E-state index contributed by atoms with van der Waals surface area (Å²) >= 11 is 0. The van der Waals surface area contributed by atoms with Crippen LogP contribution >= 0.6 is 0 Å². The smallest absolute Gasteiger partial charge is 0.252 e. The van der Waals surface area contributed by atoms with Crippen LogP contribution in [0.4, 0.5) is 51.2 Å². The summed E-state index contributed by atoms with van der Waals surface area (Å²) < 4.78 is 12.9. The largest absolute Gasteiger partial charge is 0.508 e. The molecule has 0 unspecified atom stereocenters. The Labute approximate surface area is 482 Å². The monoisotopic (exact) mass is 1070 g/mol. The van der Waals surface area contributed by atoms with Crippen LogP contribution in [0.1, 0.15) is 30.4 Å². The summed E-state index contributed by atoms with van der Waals surface area (Å²) in [7, 11) is 0. The molecular weight excluding hydrogens is 1010 g/mol. The minimum atomic E-state index is -0.0687. The first-order valence-corrected chi connectivity index (χ1v) is 28.7. The molecule has 4 heterocycles. The lowest BCUT2D eigenvalue weighted by atomic mass is 9.33. The highest BCUT2D eigenvalue weighted by molar-refractivity contribution is 7.00. The van der Waals surface area contributed by atoms with E-state index in [0.29, 0.717) is 5.75 Å². The van der Waals surface area contributed by atoms with E-state index in [0.717, 1.165) is 130 Å². The number of furan rings is 2. The van der Waals surface area contributed by atoms with Crippen molar-refractivity contribution >= 4 is 118 Å². The van der Waals surface area contributed by atoms with E-state index < -0.39 is 0 Å². The molecule has 14 aromatic rings. The Hall–Kier alpha value is -10.5. The molecule has 6 nitrogen and oxygen atoms in total. The molecule has 0 bridgehead atoms. The normalized spacial score (nSPS) is 12.9. The summed E-state index contributed by atoms with van der Waals surface area (Å²) in [6.45, 7) is 2.13. The second kappa shape index (κ2) is 19.6. The summed E-state index contributed by atoms with van der Waals surface area (Å²) in [4.78, 5) is 7.44. The highest BCUT2D eigenvalue weighted by Gasteiger charge is 2.44. The summed E-state index contributed by atoms with van der Waals surface area (Å²) in [6, 6.07) is 98.2. The molecule has 0 radical (unpaired) electrons. The number of aryl methyl sites for hydroxylation is 1. The molecule has 2 aliphatic rings. The quantitative estimate of drug-likeness (QED) is 0.130. The summed E-state index contributed by atoms with van der Waals surface area (Å²) in [5.41, 5.74) is 19.5. The molecule has 0 fully saturated rings. The van der Waals surface area contributed by atoms with E-state index in [1.165, 1.54) is 27.3 Å². The van der Waals surface area contributed by atoms with Crippen LogP contribution in [0.5, 0.6) is 5.75 Å². The van der Waals surface area contributed by atoms with Crippen LogP contribution in [0.25, 0.3) is 66.1 Å². The van der Waals surface area contributed by atoms with E-state index in [1.54, 1.807) is 6.07 Å². The van der Waals surface area contributed by atoms with Gasteiger partial charge in [-0.05, 0) is 184 Å².